The minimum Gasteiger partial charge on any atom is -0.480 e. The second-order valence-electron chi connectivity index (χ2n) is 12.4. The normalized spacial score (nSPS) is 44.2. The lowest BCUT2D eigenvalue weighted by Crippen LogP contribution is -2.57. The highest BCUT2D eigenvalue weighted by atomic mass is 16.4. The van der Waals surface area contributed by atoms with Crippen LogP contribution in [-0.2, 0) is 9.59 Å². The van der Waals surface area contributed by atoms with Gasteiger partial charge in [0.05, 0.1) is 6.10 Å². The van der Waals surface area contributed by atoms with Crippen molar-refractivity contribution in [1.82, 2.24) is 4.90 Å². The van der Waals surface area contributed by atoms with E-state index < -0.39 is 5.97 Å². The van der Waals surface area contributed by atoms with Crippen LogP contribution in [-0.4, -0.2) is 46.7 Å². The molecule has 4 aliphatic rings. The van der Waals surface area contributed by atoms with Crippen LogP contribution in [0.2, 0.25) is 0 Å². The monoisotopic (exact) mass is 447 g/mol. The second kappa shape index (κ2) is 8.92. The minimum absolute atomic E-state index is 0.0679. The summed E-state index contributed by atoms with van der Waals surface area (Å²) in [5.41, 5.74) is 0.684. The van der Waals surface area contributed by atoms with Crippen molar-refractivity contribution in [2.75, 3.05) is 13.6 Å². The Labute approximate surface area is 194 Å². The molecule has 4 saturated carbocycles. The van der Waals surface area contributed by atoms with Crippen LogP contribution in [0.1, 0.15) is 91.4 Å². The summed E-state index contributed by atoms with van der Waals surface area (Å²) in [4.78, 5) is 24.6. The zero-order chi connectivity index (χ0) is 23.3. The Morgan fingerprint density at radius 2 is 1.75 bits per heavy atom. The molecular formula is C27H45NO4. The number of aliphatic hydroxyl groups excluding tert-OH is 1. The summed E-state index contributed by atoms with van der Waals surface area (Å²) >= 11 is 0. The number of carbonyl (C=O) groups excluding carboxylic acids is 1. The summed E-state index contributed by atoms with van der Waals surface area (Å²) < 4.78 is 0. The molecule has 0 unspecified atom stereocenters. The van der Waals surface area contributed by atoms with E-state index in [4.69, 9.17) is 5.11 Å². The van der Waals surface area contributed by atoms with E-state index in [2.05, 4.69) is 20.8 Å². The van der Waals surface area contributed by atoms with Crippen LogP contribution in [0.4, 0.5) is 0 Å². The molecule has 0 aromatic heterocycles. The molecule has 0 radical (unpaired) electrons. The molecule has 4 aliphatic carbocycles. The van der Waals surface area contributed by atoms with Crippen molar-refractivity contribution >= 4 is 11.9 Å². The van der Waals surface area contributed by atoms with Gasteiger partial charge in [0, 0.05) is 13.5 Å². The van der Waals surface area contributed by atoms with Gasteiger partial charge in [-0.1, -0.05) is 33.6 Å². The molecule has 0 heterocycles. The number of carboxylic acids is 1. The van der Waals surface area contributed by atoms with Crippen LogP contribution in [0.3, 0.4) is 0 Å². The Morgan fingerprint density at radius 3 is 2.47 bits per heavy atom. The zero-order valence-electron chi connectivity index (χ0n) is 20.7. The van der Waals surface area contributed by atoms with Crippen molar-refractivity contribution in [3.8, 4) is 0 Å². The van der Waals surface area contributed by atoms with Gasteiger partial charge in [-0.05, 0) is 97.7 Å². The lowest BCUT2D eigenvalue weighted by molar-refractivity contribution is -0.164. The van der Waals surface area contributed by atoms with Crippen LogP contribution in [0.15, 0.2) is 0 Å². The van der Waals surface area contributed by atoms with Crippen molar-refractivity contribution in [3.63, 3.8) is 0 Å². The summed E-state index contributed by atoms with van der Waals surface area (Å²) in [7, 11) is 1.58. The Kier molecular flexibility index (Phi) is 6.70. The highest BCUT2D eigenvalue weighted by Gasteiger charge is 2.62. The van der Waals surface area contributed by atoms with Crippen molar-refractivity contribution in [1.29, 1.82) is 0 Å². The molecule has 0 spiro atoms. The van der Waals surface area contributed by atoms with E-state index in [-0.39, 0.29) is 24.0 Å². The third kappa shape index (κ3) is 4.01. The average Bonchev–Trinajstić information content (AvgIpc) is 3.09. The molecule has 32 heavy (non-hydrogen) atoms. The largest absolute Gasteiger partial charge is 0.480 e. The molecule has 4 rings (SSSR count). The molecule has 0 aliphatic heterocycles. The SMILES string of the molecule is C[C@H](CCC(=O)N(C)CC(=O)O)[C@H]1CC[C@H]2[C@@H]3[C@H](O)C[C@@H]4CCCC[C@]4(C)[C@H]3CC[C@]12C. The predicted molar refractivity (Wildman–Crippen MR) is 125 cm³/mol. The van der Waals surface area contributed by atoms with Gasteiger partial charge in [-0.15, -0.1) is 0 Å². The van der Waals surface area contributed by atoms with E-state index >= 15 is 0 Å². The summed E-state index contributed by atoms with van der Waals surface area (Å²) in [6.45, 7) is 7.11. The summed E-state index contributed by atoms with van der Waals surface area (Å²) in [5, 5.41) is 20.3. The van der Waals surface area contributed by atoms with Gasteiger partial charge in [-0.2, -0.15) is 0 Å². The zero-order valence-corrected chi connectivity index (χ0v) is 20.7. The molecule has 5 nitrogen and oxygen atoms in total. The number of likely N-dealkylation sites (N-methyl/N-ethyl adjacent to an activating group) is 1. The number of nitrogens with zero attached hydrogens (tertiary/aromatic N) is 1. The molecule has 182 valence electrons. The number of amides is 1. The fourth-order valence-corrected chi connectivity index (χ4v) is 9.26. The molecule has 9 atom stereocenters. The van der Waals surface area contributed by atoms with E-state index in [1.54, 1.807) is 7.05 Å². The first-order chi connectivity index (χ1) is 15.1. The van der Waals surface area contributed by atoms with Crippen LogP contribution in [0, 0.1) is 46.3 Å². The van der Waals surface area contributed by atoms with Gasteiger partial charge >= 0.3 is 5.97 Å². The van der Waals surface area contributed by atoms with Gasteiger partial charge in [-0.3, -0.25) is 9.59 Å². The molecular weight excluding hydrogens is 402 g/mol. The van der Waals surface area contributed by atoms with Crippen molar-refractivity contribution in [2.45, 2.75) is 97.5 Å². The Balaban J connectivity index is 1.44. The van der Waals surface area contributed by atoms with Crippen molar-refractivity contribution < 1.29 is 19.8 Å². The van der Waals surface area contributed by atoms with Gasteiger partial charge in [0.1, 0.15) is 6.54 Å². The molecule has 1 amide bonds. The maximum Gasteiger partial charge on any atom is 0.323 e. The number of fused-ring (bicyclic) bond motifs is 5. The number of hydrogen-bond donors (Lipinski definition) is 2. The van der Waals surface area contributed by atoms with Gasteiger partial charge in [0.25, 0.3) is 0 Å². The van der Waals surface area contributed by atoms with E-state index in [1.807, 2.05) is 0 Å². The predicted octanol–water partition coefficient (Wildman–Crippen LogP) is 4.97. The minimum atomic E-state index is -0.961. The van der Waals surface area contributed by atoms with Crippen molar-refractivity contribution in [3.05, 3.63) is 0 Å². The van der Waals surface area contributed by atoms with Gasteiger partial charge in [0.2, 0.25) is 5.91 Å². The van der Waals surface area contributed by atoms with Crippen LogP contribution < -0.4 is 0 Å². The third-order valence-corrected chi connectivity index (χ3v) is 11.0. The number of hydrogen-bond acceptors (Lipinski definition) is 3. The highest BCUT2D eigenvalue weighted by molar-refractivity contribution is 5.80. The Bertz CT molecular complexity index is 724. The van der Waals surface area contributed by atoms with E-state index in [9.17, 15) is 14.7 Å². The number of rotatable bonds is 6. The topological polar surface area (TPSA) is 77.8 Å². The van der Waals surface area contributed by atoms with Crippen LogP contribution >= 0.6 is 0 Å². The first-order valence-electron chi connectivity index (χ1n) is 13.2. The van der Waals surface area contributed by atoms with Crippen LogP contribution in [0.25, 0.3) is 0 Å². The summed E-state index contributed by atoms with van der Waals surface area (Å²) in [5.74, 6) is 2.45. The average molecular weight is 448 g/mol. The highest BCUT2D eigenvalue weighted by Crippen LogP contribution is 2.68. The smallest absolute Gasteiger partial charge is 0.323 e. The first-order valence-corrected chi connectivity index (χ1v) is 13.2. The number of carboxylic acid groups (broad SMARTS) is 1. The Hall–Kier alpha value is -1.10. The van der Waals surface area contributed by atoms with E-state index in [0.29, 0.717) is 47.3 Å². The molecule has 0 bridgehead atoms. The van der Waals surface area contributed by atoms with Gasteiger partial charge in [-0.25, -0.2) is 0 Å². The maximum absolute atomic E-state index is 12.4. The number of aliphatic hydroxyl groups is 1. The van der Waals surface area contributed by atoms with E-state index in [0.717, 1.165) is 12.8 Å². The number of aliphatic carboxylic acids is 1. The van der Waals surface area contributed by atoms with Gasteiger partial charge < -0.3 is 15.1 Å². The summed E-state index contributed by atoms with van der Waals surface area (Å²) in [6, 6.07) is 0. The summed E-state index contributed by atoms with van der Waals surface area (Å²) in [6.07, 6.45) is 12.4. The molecule has 5 heteroatoms. The second-order valence-corrected chi connectivity index (χ2v) is 12.4. The molecule has 4 fully saturated rings. The fraction of sp³-hybridized carbons (Fsp3) is 0.926. The van der Waals surface area contributed by atoms with Crippen molar-refractivity contribution in [2.24, 2.45) is 46.3 Å². The van der Waals surface area contributed by atoms with Crippen LogP contribution in [0.5, 0.6) is 0 Å². The maximum atomic E-state index is 12.4. The standard InChI is InChI=1S/C27H45NO4/c1-17(8-11-23(30)28(4)16-24(31)32)19-9-10-20-25-21(12-14-27(19,20)3)26(2)13-6-5-7-18(26)15-22(25)29/h17-22,25,29H,5-16H2,1-4H3,(H,31,32)/t17-,18+,19-,20+,21+,22-,25+,26+,27-/m1/s1. The van der Waals surface area contributed by atoms with Gasteiger partial charge in [0.15, 0.2) is 0 Å². The first kappa shape index (κ1) is 24.0. The molecule has 0 aromatic rings. The fourth-order valence-electron chi connectivity index (χ4n) is 9.26. The number of carbonyl (C=O) groups is 2. The lowest BCUT2D eigenvalue weighted by Gasteiger charge is -2.62. The lowest BCUT2D eigenvalue weighted by atomic mass is 9.44. The third-order valence-electron chi connectivity index (χ3n) is 11.0. The quantitative estimate of drug-likeness (QED) is 0.603. The molecule has 0 aromatic carbocycles. The Morgan fingerprint density at radius 1 is 1.03 bits per heavy atom. The molecule has 2 N–H and O–H groups in total. The van der Waals surface area contributed by atoms with E-state index in [1.165, 1.54) is 56.3 Å². The molecule has 0 saturated heterocycles.